The van der Waals surface area contributed by atoms with Gasteiger partial charge in [0.05, 0.1) is 17.7 Å². The fourth-order valence-corrected chi connectivity index (χ4v) is 4.68. The number of hydrogen-bond acceptors (Lipinski definition) is 4. The van der Waals surface area contributed by atoms with Crippen molar-refractivity contribution in [3.63, 3.8) is 0 Å². The van der Waals surface area contributed by atoms with Crippen LogP contribution in [0.5, 0.6) is 5.75 Å². The second-order valence-electron chi connectivity index (χ2n) is 6.87. The van der Waals surface area contributed by atoms with Crippen molar-refractivity contribution in [3.8, 4) is 5.75 Å². The first kappa shape index (κ1) is 22.7. The molecule has 0 aromatic heterocycles. The van der Waals surface area contributed by atoms with Crippen LogP contribution in [0, 0.1) is 6.92 Å². The van der Waals surface area contributed by atoms with E-state index < -0.39 is 22.5 Å². The Morgan fingerprint density at radius 1 is 1.03 bits per heavy atom. The van der Waals surface area contributed by atoms with Crippen LogP contribution < -0.4 is 14.4 Å². The largest absolute Gasteiger partial charge is 0.495 e. The maximum Gasteiger partial charge on any atom is 0.264 e. The molecule has 0 aliphatic carbocycles. The summed E-state index contributed by atoms with van der Waals surface area (Å²) in [5.41, 5.74) is 1.86. The summed E-state index contributed by atoms with van der Waals surface area (Å²) < 4.78 is 33.3. The normalized spacial score (nSPS) is 11.1. The first-order chi connectivity index (χ1) is 14.8. The molecule has 0 aliphatic heterocycles. The summed E-state index contributed by atoms with van der Waals surface area (Å²) in [6, 6.07) is 20.3. The average Bonchev–Trinajstić information content (AvgIpc) is 2.77. The summed E-state index contributed by atoms with van der Waals surface area (Å²) >= 11 is 6.14. The highest BCUT2D eigenvalue weighted by atomic mass is 35.5. The molecule has 3 rings (SSSR count). The van der Waals surface area contributed by atoms with Crippen LogP contribution in [0.3, 0.4) is 0 Å². The summed E-state index contributed by atoms with van der Waals surface area (Å²) in [5.74, 6) is -0.119. The van der Waals surface area contributed by atoms with Crippen LogP contribution in [0.15, 0.2) is 77.7 Å². The van der Waals surface area contributed by atoms with E-state index in [-0.39, 0.29) is 11.4 Å². The van der Waals surface area contributed by atoms with Crippen molar-refractivity contribution in [2.75, 3.05) is 18.0 Å². The number of amides is 1. The number of hydrogen-bond donors (Lipinski definition) is 1. The van der Waals surface area contributed by atoms with Gasteiger partial charge >= 0.3 is 0 Å². The molecule has 31 heavy (non-hydrogen) atoms. The third kappa shape index (κ3) is 5.37. The minimum atomic E-state index is -4.02. The Kier molecular flexibility index (Phi) is 7.20. The number of rotatable bonds is 8. The number of methoxy groups -OCH3 is 1. The number of halogens is 1. The number of nitrogens with zero attached hydrogens (tertiary/aromatic N) is 1. The van der Waals surface area contributed by atoms with E-state index in [1.165, 1.54) is 19.2 Å². The Morgan fingerprint density at radius 2 is 1.71 bits per heavy atom. The Bertz CT molecular complexity index is 1170. The lowest BCUT2D eigenvalue weighted by Crippen LogP contribution is -2.41. The number of carbonyl (C=O) groups is 1. The van der Waals surface area contributed by atoms with Gasteiger partial charge in [-0.2, -0.15) is 0 Å². The molecule has 0 unspecified atom stereocenters. The number of nitrogens with one attached hydrogen (secondary N) is 1. The number of sulfonamides is 1. The molecule has 1 N–H and O–H groups in total. The molecule has 0 aliphatic rings. The molecule has 0 atom stereocenters. The predicted octanol–water partition coefficient (Wildman–Crippen LogP) is 4.17. The van der Waals surface area contributed by atoms with Crippen molar-refractivity contribution in [2.24, 2.45) is 0 Å². The van der Waals surface area contributed by atoms with Crippen molar-refractivity contribution >= 4 is 33.2 Å². The molecule has 0 bridgehead atoms. The third-order valence-corrected chi connectivity index (χ3v) is 6.80. The average molecular weight is 459 g/mol. The van der Waals surface area contributed by atoms with E-state index >= 15 is 0 Å². The molecule has 0 saturated carbocycles. The molecule has 3 aromatic rings. The van der Waals surface area contributed by atoms with Gasteiger partial charge in [0, 0.05) is 11.6 Å². The fourth-order valence-electron chi connectivity index (χ4n) is 3.04. The lowest BCUT2D eigenvalue weighted by atomic mass is 10.2. The van der Waals surface area contributed by atoms with Crippen LogP contribution in [0.1, 0.15) is 11.1 Å². The summed E-state index contributed by atoms with van der Waals surface area (Å²) in [5, 5.41) is 3.27. The smallest absolute Gasteiger partial charge is 0.264 e. The highest BCUT2D eigenvalue weighted by molar-refractivity contribution is 7.92. The van der Waals surface area contributed by atoms with Gasteiger partial charge in [0.15, 0.2) is 0 Å². The highest BCUT2D eigenvalue weighted by Crippen LogP contribution is 2.33. The maximum absolute atomic E-state index is 13.4. The van der Waals surface area contributed by atoms with E-state index in [1.807, 2.05) is 19.1 Å². The number of carbonyl (C=O) groups excluding carboxylic acids is 1. The van der Waals surface area contributed by atoms with Crippen LogP contribution in [0.25, 0.3) is 0 Å². The summed E-state index contributed by atoms with van der Waals surface area (Å²) in [4.78, 5) is 12.9. The minimum absolute atomic E-state index is 0.0810. The molecule has 0 radical (unpaired) electrons. The fraction of sp³-hybridized carbons (Fsp3) is 0.174. The Morgan fingerprint density at radius 3 is 2.39 bits per heavy atom. The van der Waals surface area contributed by atoms with E-state index in [0.29, 0.717) is 16.5 Å². The molecule has 0 spiro atoms. The first-order valence-electron chi connectivity index (χ1n) is 9.55. The molecule has 0 saturated heterocycles. The van der Waals surface area contributed by atoms with Gasteiger partial charge in [0.2, 0.25) is 5.91 Å². The number of aryl methyl sites for hydroxylation is 1. The maximum atomic E-state index is 13.4. The van der Waals surface area contributed by atoms with Gasteiger partial charge in [-0.1, -0.05) is 54.1 Å². The molecule has 1 amide bonds. The Balaban J connectivity index is 1.94. The molecule has 0 fully saturated rings. The van der Waals surface area contributed by atoms with Crippen LogP contribution in [-0.2, 0) is 21.4 Å². The summed E-state index contributed by atoms with van der Waals surface area (Å²) in [6.45, 7) is 1.61. The minimum Gasteiger partial charge on any atom is -0.495 e. The van der Waals surface area contributed by atoms with E-state index in [4.69, 9.17) is 16.3 Å². The van der Waals surface area contributed by atoms with Crippen LogP contribution in [-0.4, -0.2) is 28.0 Å². The van der Waals surface area contributed by atoms with Gasteiger partial charge in [0.1, 0.15) is 12.3 Å². The molecular formula is C23H23ClN2O4S. The zero-order valence-corrected chi connectivity index (χ0v) is 18.8. The Hall–Kier alpha value is -3.03. The quantitative estimate of drug-likeness (QED) is 0.549. The number of benzene rings is 3. The zero-order valence-electron chi connectivity index (χ0n) is 17.2. The number of ether oxygens (including phenoxy) is 1. The van der Waals surface area contributed by atoms with Gasteiger partial charge in [-0.3, -0.25) is 9.10 Å². The first-order valence-corrected chi connectivity index (χ1v) is 11.4. The van der Waals surface area contributed by atoms with E-state index in [2.05, 4.69) is 5.32 Å². The van der Waals surface area contributed by atoms with Crippen LogP contribution in [0.2, 0.25) is 5.02 Å². The standard InChI is InChI=1S/C23H23ClN2O4S/c1-17-12-13-22(30-2)21(14-17)26(31(28,29)19-9-4-3-5-10-19)16-23(27)25-15-18-8-6-7-11-20(18)24/h3-14H,15-16H2,1-2H3,(H,25,27). The molecule has 6 nitrogen and oxygen atoms in total. The monoisotopic (exact) mass is 458 g/mol. The molecule has 8 heteroatoms. The van der Waals surface area contributed by atoms with E-state index in [9.17, 15) is 13.2 Å². The van der Waals surface area contributed by atoms with Crippen LogP contribution in [0.4, 0.5) is 5.69 Å². The zero-order chi connectivity index (χ0) is 22.4. The molecule has 0 heterocycles. The Labute approximate surface area is 187 Å². The topological polar surface area (TPSA) is 75.7 Å². The third-order valence-electron chi connectivity index (χ3n) is 4.66. The van der Waals surface area contributed by atoms with Crippen LogP contribution >= 0.6 is 11.6 Å². The van der Waals surface area contributed by atoms with Crippen molar-refractivity contribution in [2.45, 2.75) is 18.4 Å². The molecule has 3 aromatic carbocycles. The lowest BCUT2D eigenvalue weighted by molar-refractivity contribution is -0.119. The van der Waals surface area contributed by atoms with Crippen molar-refractivity contribution in [3.05, 3.63) is 88.9 Å². The van der Waals surface area contributed by atoms with Gasteiger partial charge in [0.25, 0.3) is 10.0 Å². The van der Waals surface area contributed by atoms with Gasteiger partial charge in [-0.25, -0.2) is 8.42 Å². The number of anilines is 1. The lowest BCUT2D eigenvalue weighted by Gasteiger charge is -2.26. The molecule has 162 valence electrons. The predicted molar refractivity (Wildman–Crippen MR) is 122 cm³/mol. The second-order valence-corrected chi connectivity index (χ2v) is 9.14. The highest BCUT2D eigenvalue weighted by Gasteiger charge is 2.29. The van der Waals surface area contributed by atoms with Gasteiger partial charge in [-0.05, 0) is 48.4 Å². The van der Waals surface area contributed by atoms with Gasteiger partial charge < -0.3 is 10.1 Å². The SMILES string of the molecule is COc1ccc(C)cc1N(CC(=O)NCc1ccccc1Cl)S(=O)(=O)c1ccccc1. The van der Waals surface area contributed by atoms with E-state index in [1.54, 1.807) is 48.5 Å². The van der Waals surface area contributed by atoms with Crippen molar-refractivity contribution in [1.29, 1.82) is 0 Å². The van der Waals surface area contributed by atoms with Gasteiger partial charge in [-0.15, -0.1) is 0 Å². The summed E-state index contributed by atoms with van der Waals surface area (Å²) in [7, 11) is -2.57. The van der Waals surface area contributed by atoms with E-state index in [0.717, 1.165) is 15.4 Å². The second kappa shape index (κ2) is 9.85. The molecular weight excluding hydrogens is 436 g/mol. The summed E-state index contributed by atoms with van der Waals surface area (Å²) in [6.07, 6.45) is 0. The van der Waals surface area contributed by atoms with Crippen molar-refractivity contribution < 1.29 is 17.9 Å². The van der Waals surface area contributed by atoms with Crippen molar-refractivity contribution in [1.82, 2.24) is 5.32 Å².